The summed E-state index contributed by atoms with van der Waals surface area (Å²) in [6, 6.07) is 0. The molecule has 10 heavy (non-hydrogen) atoms. The van der Waals surface area contributed by atoms with Crippen LogP contribution in [0.1, 0.15) is 25.7 Å². The lowest BCUT2D eigenvalue weighted by molar-refractivity contribution is 0.0856. The maximum absolute atomic E-state index is 5.80. The van der Waals surface area contributed by atoms with Crippen molar-refractivity contribution < 1.29 is 4.74 Å². The zero-order valence-corrected chi connectivity index (χ0v) is 7.19. The molecule has 0 aromatic carbocycles. The van der Waals surface area contributed by atoms with Gasteiger partial charge in [-0.15, -0.1) is 11.8 Å². The lowest BCUT2D eigenvalue weighted by Crippen LogP contribution is -2.07. The summed E-state index contributed by atoms with van der Waals surface area (Å²) in [7, 11) is 0. The maximum Gasteiger partial charge on any atom is 0.103 e. The molecule has 3 unspecified atom stereocenters. The van der Waals surface area contributed by atoms with Gasteiger partial charge in [-0.2, -0.15) is 0 Å². The van der Waals surface area contributed by atoms with Crippen LogP contribution in [0.4, 0.5) is 0 Å². The number of hydrogen-bond donors (Lipinski definition) is 0. The second kappa shape index (κ2) is 2.74. The molecule has 2 heteroatoms. The Kier molecular flexibility index (Phi) is 1.92. The SMILES string of the molecule is CSC1CC2CCCC2O1. The molecule has 2 aliphatic rings. The minimum Gasteiger partial charge on any atom is -0.364 e. The van der Waals surface area contributed by atoms with Crippen LogP contribution in [0.15, 0.2) is 0 Å². The monoisotopic (exact) mass is 158 g/mol. The summed E-state index contributed by atoms with van der Waals surface area (Å²) in [4.78, 5) is 0. The maximum atomic E-state index is 5.80. The highest BCUT2D eigenvalue weighted by atomic mass is 32.2. The predicted octanol–water partition coefficient (Wildman–Crippen LogP) is 2.26. The van der Waals surface area contributed by atoms with Crippen LogP contribution in [-0.4, -0.2) is 17.8 Å². The molecule has 2 fully saturated rings. The van der Waals surface area contributed by atoms with Crippen LogP contribution in [0, 0.1) is 5.92 Å². The standard InChI is InChI=1S/C8H14OS/c1-10-8-5-6-3-2-4-7(6)9-8/h6-8H,2-5H2,1H3. The first kappa shape index (κ1) is 6.99. The second-order valence-corrected chi connectivity index (χ2v) is 4.26. The van der Waals surface area contributed by atoms with E-state index in [4.69, 9.17) is 4.74 Å². The van der Waals surface area contributed by atoms with E-state index in [0.29, 0.717) is 11.5 Å². The summed E-state index contributed by atoms with van der Waals surface area (Å²) in [6.45, 7) is 0. The van der Waals surface area contributed by atoms with Crippen LogP contribution in [0.5, 0.6) is 0 Å². The van der Waals surface area contributed by atoms with Crippen LogP contribution < -0.4 is 0 Å². The number of rotatable bonds is 1. The fourth-order valence-electron chi connectivity index (χ4n) is 2.10. The van der Waals surface area contributed by atoms with Crippen molar-refractivity contribution >= 4 is 11.8 Å². The normalized spacial score (nSPS) is 45.9. The largest absolute Gasteiger partial charge is 0.364 e. The lowest BCUT2D eigenvalue weighted by Gasteiger charge is -2.08. The van der Waals surface area contributed by atoms with E-state index in [0.717, 1.165) is 5.92 Å². The fraction of sp³-hybridized carbons (Fsp3) is 1.00. The summed E-state index contributed by atoms with van der Waals surface area (Å²) in [5, 5.41) is 0. The quantitative estimate of drug-likeness (QED) is 0.579. The topological polar surface area (TPSA) is 9.23 Å². The van der Waals surface area contributed by atoms with Gasteiger partial charge in [0.1, 0.15) is 5.44 Å². The number of ether oxygens (including phenoxy) is 1. The van der Waals surface area contributed by atoms with Crippen molar-refractivity contribution in [2.24, 2.45) is 5.92 Å². The molecule has 0 spiro atoms. The summed E-state index contributed by atoms with van der Waals surface area (Å²) >= 11 is 1.87. The van der Waals surface area contributed by atoms with Gasteiger partial charge < -0.3 is 4.74 Å². The summed E-state index contributed by atoms with van der Waals surface area (Å²) in [6.07, 6.45) is 8.23. The molecule has 0 amide bonds. The third-order valence-corrected chi connectivity index (χ3v) is 3.50. The Labute approximate surface area is 66.5 Å². The fourth-order valence-corrected chi connectivity index (χ4v) is 2.79. The molecule has 58 valence electrons. The van der Waals surface area contributed by atoms with E-state index in [1.165, 1.54) is 25.7 Å². The van der Waals surface area contributed by atoms with Gasteiger partial charge in [-0.3, -0.25) is 0 Å². The Bertz CT molecular complexity index is 114. The van der Waals surface area contributed by atoms with Crippen molar-refractivity contribution in [3.8, 4) is 0 Å². The molecular formula is C8H14OS. The van der Waals surface area contributed by atoms with Crippen LogP contribution in [0.25, 0.3) is 0 Å². The highest BCUT2D eigenvalue weighted by Gasteiger charge is 2.37. The predicted molar refractivity (Wildman–Crippen MR) is 44.1 cm³/mol. The average Bonchev–Trinajstić information content (AvgIpc) is 2.42. The zero-order chi connectivity index (χ0) is 6.97. The van der Waals surface area contributed by atoms with Gasteiger partial charge in [-0.05, 0) is 31.4 Å². The Morgan fingerprint density at radius 3 is 3.00 bits per heavy atom. The molecule has 1 aliphatic carbocycles. The molecule has 1 aliphatic heterocycles. The first-order valence-electron chi connectivity index (χ1n) is 4.08. The molecule has 0 radical (unpaired) electrons. The van der Waals surface area contributed by atoms with Gasteiger partial charge in [0.25, 0.3) is 0 Å². The minimum atomic E-state index is 0.523. The lowest BCUT2D eigenvalue weighted by atomic mass is 10.1. The van der Waals surface area contributed by atoms with E-state index in [2.05, 4.69) is 6.26 Å². The van der Waals surface area contributed by atoms with E-state index < -0.39 is 0 Å². The summed E-state index contributed by atoms with van der Waals surface area (Å²) in [5.41, 5.74) is 0.523. The third-order valence-electron chi connectivity index (χ3n) is 2.67. The molecule has 0 aromatic heterocycles. The highest BCUT2D eigenvalue weighted by molar-refractivity contribution is 7.99. The van der Waals surface area contributed by atoms with Crippen LogP contribution in [0.2, 0.25) is 0 Å². The molecule has 1 heterocycles. The Morgan fingerprint density at radius 1 is 1.40 bits per heavy atom. The molecule has 0 N–H and O–H groups in total. The van der Waals surface area contributed by atoms with Crippen LogP contribution >= 0.6 is 11.8 Å². The van der Waals surface area contributed by atoms with Crippen molar-refractivity contribution in [2.75, 3.05) is 6.26 Å². The van der Waals surface area contributed by atoms with Gasteiger partial charge >= 0.3 is 0 Å². The highest BCUT2D eigenvalue weighted by Crippen LogP contribution is 2.41. The van der Waals surface area contributed by atoms with E-state index >= 15 is 0 Å². The third kappa shape index (κ3) is 1.08. The van der Waals surface area contributed by atoms with Gasteiger partial charge in [0.15, 0.2) is 0 Å². The van der Waals surface area contributed by atoms with Gasteiger partial charge in [-0.25, -0.2) is 0 Å². The average molecular weight is 158 g/mol. The summed E-state index contributed by atoms with van der Waals surface area (Å²) < 4.78 is 5.80. The van der Waals surface area contributed by atoms with Crippen LogP contribution in [-0.2, 0) is 4.74 Å². The molecule has 1 saturated carbocycles. The van der Waals surface area contributed by atoms with Crippen molar-refractivity contribution in [3.05, 3.63) is 0 Å². The second-order valence-electron chi connectivity index (χ2n) is 3.27. The smallest absolute Gasteiger partial charge is 0.103 e. The molecule has 0 aromatic rings. The molecule has 0 bridgehead atoms. The number of hydrogen-bond acceptors (Lipinski definition) is 2. The van der Waals surface area contributed by atoms with Gasteiger partial charge in [-0.1, -0.05) is 6.42 Å². The molecule has 1 nitrogen and oxygen atoms in total. The van der Waals surface area contributed by atoms with E-state index in [1.54, 1.807) is 0 Å². The Morgan fingerprint density at radius 2 is 2.30 bits per heavy atom. The van der Waals surface area contributed by atoms with E-state index in [1.807, 2.05) is 11.8 Å². The van der Waals surface area contributed by atoms with Crippen molar-refractivity contribution in [1.29, 1.82) is 0 Å². The van der Waals surface area contributed by atoms with Crippen molar-refractivity contribution in [1.82, 2.24) is 0 Å². The molecular weight excluding hydrogens is 144 g/mol. The van der Waals surface area contributed by atoms with Crippen LogP contribution in [0.3, 0.4) is 0 Å². The Balaban J connectivity index is 1.94. The molecule has 3 atom stereocenters. The van der Waals surface area contributed by atoms with Crippen molar-refractivity contribution in [2.45, 2.75) is 37.2 Å². The first-order chi connectivity index (χ1) is 4.90. The molecule has 2 rings (SSSR count). The van der Waals surface area contributed by atoms with Gasteiger partial charge in [0, 0.05) is 0 Å². The minimum absolute atomic E-state index is 0.523. The first-order valence-corrected chi connectivity index (χ1v) is 5.37. The van der Waals surface area contributed by atoms with Gasteiger partial charge in [0.05, 0.1) is 6.10 Å². The van der Waals surface area contributed by atoms with E-state index in [-0.39, 0.29) is 0 Å². The summed E-state index contributed by atoms with van der Waals surface area (Å²) in [5.74, 6) is 0.914. The van der Waals surface area contributed by atoms with Gasteiger partial charge in [0.2, 0.25) is 0 Å². The zero-order valence-electron chi connectivity index (χ0n) is 6.38. The van der Waals surface area contributed by atoms with E-state index in [9.17, 15) is 0 Å². The van der Waals surface area contributed by atoms with Crippen molar-refractivity contribution in [3.63, 3.8) is 0 Å². The number of fused-ring (bicyclic) bond motifs is 1. The molecule has 1 saturated heterocycles. The number of thioether (sulfide) groups is 1. The Hall–Kier alpha value is 0.310.